The number of halogens is 1. The molecule has 1 atom stereocenters. The van der Waals surface area contributed by atoms with Gasteiger partial charge < -0.3 is 11.1 Å². The molecule has 3 rings (SSSR count). The van der Waals surface area contributed by atoms with Crippen LogP contribution in [0.15, 0.2) is 12.1 Å². The molecule has 1 aromatic rings. The fourth-order valence-electron chi connectivity index (χ4n) is 3.61. The molecule has 1 unspecified atom stereocenters. The van der Waals surface area contributed by atoms with Crippen molar-refractivity contribution in [3.8, 4) is 0 Å². The van der Waals surface area contributed by atoms with Gasteiger partial charge in [-0.3, -0.25) is 4.79 Å². The molecule has 1 heterocycles. The average molecular weight is 290 g/mol. The average Bonchev–Trinajstić information content (AvgIpc) is 2.47. The van der Waals surface area contributed by atoms with E-state index in [-0.39, 0.29) is 17.8 Å². The van der Waals surface area contributed by atoms with Crippen molar-refractivity contribution in [3.63, 3.8) is 0 Å². The summed E-state index contributed by atoms with van der Waals surface area (Å²) in [5.41, 5.74) is 8.48. The van der Waals surface area contributed by atoms with Gasteiger partial charge in [-0.1, -0.05) is 32.1 Å². The van der Waals surface area contributed by atoms with Crippen LogP contribution >= 0.6 is 0 Å². The second kappa shape index (κ2) is 6.14. The van der Waals surface area contributed by atoms with E-state index in [2.05, 4.69) is 5.32 Å². The molecule has 21 heavy (non-hydrogen) atoms. The molecule has 1 fully saturated rings. The number of carbonyl (C=O) groups excluding carboxylic acids is 1. The van der Waals surface area contributed by atoms with E-state index in [1.807, 2.05) is 6.07 Å². The number of hydrogen-bond acceptors (Lipinski definition) is 2. The number of hydrogen-bond donors (Lipinski definition) is 2. The predicted molar refractivity (Wildman–Crippen MR) is 81.5 cm³/mol. The van der Waals surface area contributed by atoms with Gasteiger partial charge in [-0.05, 0) is 36.5 Å². The summed E-state index contributed by atoms with van der Waals surface area (Å²) in [7, 11) is 0. The Morgan fingerprint density at radius 3 is 2.76 bits per heavy atom. The lowest BCUT2D eigenvalue weighted by Gasteiger charge is -2.26. The standard InChI is InChI=1S/C17H23FN2O/c18-14-10-16-12(6-7-17(21)20-16)9-13(14)15(19)8-11-4-2-1-3-5-11/h9-11,15H,1-8,19H2,(H,20,21). The van der Waals surface area contributed by atoms with E-state index in [0.717, 1.165) is 12.0 Å². The van der Waals surface area contributed by atoms with Crippen molar-refractivity contribution in [2.24, 2.45) is 11.7 Å². The van der Waals surface area contributed by atoms with Gasteiger partial charge in [0, 0.05) is 23.7 Å². The monoisotopic (exact) mass is 290 g/mol. The van der Waals surface area contributed by atoms with E-state index in [9.17, 15) is 9.18 Å². The molecule has 1 aromatic carbocycles. The Bertz CT molecular complexity index is 538. The molecular weight excluding hydrogens is 267 g/mol. The molecule has 3 nitrogen and oxygen atoms in total. The lowest BCUT2D eigenvalue weighted by molar-refractivity contribution is -0.116. The summed E-state index contributed by atoms with van der Waals surface area (Å²) in [5.74, 6) is 0.296. The zero-order chi connectivity index (χ0) is 14.8. The van der Waals surface area contributed by atoms with Gasteiger partial charge in [-0.15, -0.1) is 0 Å². The van der Waals surface area contributed by atoms with Crippen molar-refractivity contribution >= 4 is 11.6 Å². The summed E-state index contributed by atoms with van der Waals surface area (Å²) in [6.45, 7) is 0. The number of nitrogens with one attached hydrogen (secondary N) is 1. The first-order chi connectivity index (χ1) is 10.1. The van der Waals surface area contributed by atoms with Gasteiger partial charge in [0.2, 0.25) is 5.91 Å². The minimum atomic E-state index is -0.292. The maximum Gasteiger partial charge on any atom is 0.224 e. The van der Waals surface area contributed by atoms with Gasteiger partial charge in [0.1, 0.15) is 5.82 Å². The Morgan fingerprint density at radius 2 is 2.00 bits per heavy atom. The first-order valence-electron chi connectivity index (χ1n) is 8.01. The summed E-state index contributed by atoms with van der Waals surface area (Å²) in [6.07, 6.45) is 8.31. The van der Waals surface area contributed by atoms with Gasteiger partial charge in [0.25, 0.3) is 0 Å². The van der Waals surface area contributed by atoms with Crippen molar-refractivity contribution in [3.05, 3.63) is 29.1 Å². The topological polar surface area (TPSA) is 55.1 Å². The minimum absolute atomic E-state index is 0.0406. The number of carbonyl (C=O) groups is 1. The fraction of sp³-hybridized carbons (Fsp3) is 0.588. The van der Waals surface area contributed by atoms with Crippen LogP contribution in [0.2, 0.25) is 0 Å². The lowest BCUT2D eigenvalue weighted by atomic mass is 9.83. The quantitative estimate of drug-likeness (QED) is 0.892. The van der Waals surface area contributed by atoms with Crippen LogP contribution in [0.3, 0.4) is 0 Å². The Balaban J connectivity index is 1.76. The summed E-state index contributed by atoms with van der Waals surface area (Å²) in [4.78, 5) is 11.4. The van der Waals surface area contributed by atoms with E-state index in [1.54, 1.807) is 0 Å². The third-order valence-corrected chi connectivity index (χ3v) is 4.83. The van der Waals surface area contributed by atoms with E-state index in [1.165, 1.54) is 38.2 Å². The molecular formula is C17H23FN2O. The molecule has 114 valence electrons. The molecule has 4 heteroatoms. The predicted octanol–water partition coefficient (Wildman–Crippen LogP) is 3.68. The molecule has 0 saturated heterocycles. The summed E-state index contributed by atoms with van der Waals surface area (Å²) in [6, 6.07) is 3.05. The Hall–Kier alpha value is -1.42. The van der Waals surface area contributed by atoms with Gasteiger partial charge in [-0.2, -0.15) is 0 Å². The van der Waals surface area contributed by atoms with Crippen LogP contribution in [0.25, 0.3) is 0 Å². The molecule has 0 bridgehead atoms. The van der Waals surface area contributed by atoms with Crippen LogP contribution < -0.4 is 11.1 Å². The highest BCUT2D eigenvalue weighted by molar-refractivity contribution is 5.93. The second-order valence-electron chi connectivity index (χ2n) is 6.43. The van der Waals surface area contributed by atoms with Crippen LogP contribution in [0.4, 0.5) is 10.1 Å². The van der Waals surface area contributed by atoms with E-state index < -0.39 is 0 Å². The van der Waals surface area contributed by atoms with Crippen LogP contribution in [-0.2, 0) is 11.2 Å². The molecule has 0 spiro atoms. The van der Waals surface area contributed by atoms with Gasteiger partial charge >= 0.3 is 0 Å². The van der Waals surface area contributed by atoms with Gasteiger partial charge in [0.05, 0.1) is 0 Å². The molecule has 2 aliphatic rings. The van der Waals surface area contributed by atoms with E-state index in [0.29, 0.717) is 30.0 Å². The molecule has 1 aliphatic heterocycles. The van der Waals surface area contributed by atoms with Crippen molar-refractivity contribution in [2.75, 3.05) is 5.32 Å². The highest BCUT2D eigenvalue weighted by atomic mass is 19.1. The normalized spacial score (nSPS) is 20.8. The molecule has 3 N–H and O–H groups in total. The maximum atomic E-state index is 14.3. The van der Waals surface area contributed by atoms with E-state index in [4.69, 9.17) is 5.73 Å². The van der Waals surface area contributed by atoms with Crippen LogP contribution in [0.1, 0.15) is 62.1 Å². The maximum absolute atomic E-state index is 14.3. The smallest absolute Gasteiger partial charge is 0.224 e. The highest BCUT2D eigenvalue weighted by Gasteiger charge is 2.23. The summed E-state index contributed by atoms with van der Waals surface area (Å²) >= 11 is 0. The van der Waals surface area contributed by atoms with Gasteiger partial charge in [0.15, 0.2) is 0 Å². The Labute approximate surface area is 125 Å². The Kier molecular flexibility index (Phi) is 4.24. The second-order valence-corrected chi connectivity index (χ2v) is 6.43. The van der Waals surface area contributed by atoms with Crippen molar-refractivity contribution in [1.29, 1.82) is 0 Å². The van der Waals surface area contributed by atoms with Crippen molar-refractivity contribution < 1.29 is 9.18 Å². The number of amides is 1. The number of benzene rings is 1. The largest absolute Gasteiger partial charge is 0.326 e. The number of anilines is 1. The number of nitrogens with two attached hydrogens (primary N) is 1. The third-order valence-electron chi connectivity index (χ3n) is 4.83. The third kappa shape index (κ3) is 3.26. The summed E-state index contributed by atoms with van der Waals surface area (Å²) < 4.78 is 14.3. The van der Waals surface area contributed by atoms with Crippen molar-refractivity contribution in [2.45, 2.75) is 57.4 Å². The SMILES string of the molecule is NC(CC1CCCCC1)c1cc2c(cc1F)NC(=O)CC2. The van der Waals surface area contributed by atoms with Gasteiger partial charge in [-0.25, -0.2) is 4.39 Å². The summed E-state index contributed by atoms with van der Waals surface area (Å²) in [5, 5.41) is 2.73. The lowest BCUT2D eigenvalue weighted by Crippen LogP contribution is -2.22. The number of aryl methyl sites for hydroxylation is 1. The molecule has 1 saturated carbocycles. The molecule has 1 aliphatic carbocycles. The zero-order valence-corrected chi connectivity index (χ0v) is 12.3. The van der Waals surface area contributed by atoms with Crippen LogP contribution in [0.5, 0.6) is 0 Å². The number of rotatable bonds is 3. The number of fused-ring (bicyclic) bond motifs is 1. The van der Waals surface area contributed by atoms with Crippen molar-refractivity contribution in [1.82, 2.24) is 0 Å². The Morgan fingerprint density at radius 1 is 1.24 bits per heavy atom. The van der Waals surface area contributed by atoms with E-state index >= 15 is 0 Å². The zero-order valence-electron chi connectivity index (χ0n) is 12.3. The molecule has 1 amide bonds. The first-order valence-corrected chi connectivity index (χ1v) is 8.01. The van der Waals surface area contributed by atoms with Crippen LogP contribution in [0, 0.1) is 11.7 Å². The fourth-order valence-corrected chi connectivity index (χ4v) is 3.61. The minimum Gasteiger partial charge on any atom is -0.326 e. The first kappa shape index (κ1) is 14.5. The molecule has 0 radical (unpaired) electrons. The highest BCUT2D eigenvalue weighted by Crippen LogP contribution is 2.34. The van der Waals surface area contributed by atoms with Crippen LogP contribution in [-0.4, -0.2) is 5.91 Å². The molecule has 0 aromatic heterocycles.